The number of unbranched alkanes of at least 4 members (excludes halogenated alkanes) is 1. The highest BCUT2D eigenvalue weighted by molar-refractivity contribution is 6.27. The minimum absolute atomic E-state index is 0.104. The van der Waals surface area contributed by atoms with Crippen molar-refractivity contribution in [2.24, 2.45) is 5.92 Å². The van der Waals surface area contributed by atoms with E-state index in [9.17, 15) is 24.0 Å². The molecule has 0 bridgehead atoms. The molecule has 1 aromatic rings. The summed E-state index contributed by atoms with van der Waals surface area (Å²) in [6.45, 7) is 13.2. The summed E-state index contributed by atoms with van der Waals surface area (Å²) in [6, 6.07) is 5.98. The highest BCUT2D eigenvalue weighted by Crippen LogP contribution is 2.10. The molecule has 10 nitrogen and oxygen atoms in total. The van der Waals surface area contributed by atoms with Crippen molar-refractivity contribution >= 4 is 46.9 Å². The van der Waals surface area contributed by atoms with Gasteiger partial charge >= 0.3 is 5.97 Å². The molecular weight excluding hydrogens is 512 g/mol. The second kappa shape index (κ2) is 23.0. The lowest BCUT2D eigenvalue weighted by atomic mass is 10.0. The lowest BCUT2D eigenvalue weighted by molar-refractivity contribution is -0.142. The molecule has 0 aliphatic heterocycles. The summed E-state index contributed by atoms with van der Waals surface area (Å²) < 4.78 is 4.90. The monoisotopic (exact) mass is 556 g/mol. The fourth-order valence-electron chi connectivity index (χ4n) is 2.82. The molecule has 0 aliphatic rings. The molecule has 1 unspecified atom stereocenters. The third-order valence-corrected chi connectivity index (χ3v) is 4.89. The van der Waals surface area contributed by atoms with Gasteiger partial charge in [-0.15, -0.1) is 11.6 Å². The van der Waals surface area contributed by atoms with Crippen molar-refractivity contribution in [3.8, 4) is 0 Å². The van der Waals surface area contributed by atoms with Gasteiger partial charge in [0.15, 0.2) is 0 Å². The van der Waals surface area contributed by atoms with Gasteiger partial charge in [0.05, 0.1) is 6.54 Å². The third kappa shape index (κ3) is 18.2. The van der Waals surface area contributed by atoms with Crippen LogP contribution in [0.15, 0.2) is 24.3 Å². The van der Waals surface area contributed by atoms with Gasteiger partial charge in [-0.05, 0) is 36.5 Å². The minimum atomic E-state index is -0.781. The van der Waals surface area contributed by atoms with Crippen molar-refractivity contribution in [1.82, 2.24) is 16.0 Å². The van der Waals surface area contributed by atoms with Crippen molar-refractivity contribution in [2.45, 2.75) is 80.4 Å². The fourth-order valence-corrected chi connectivity index (χ4v) is 2.91. The molecule has 1 aromatic carbocycles. The number of benzene rings is 1. The molecule has 1 rings (SSSR count). The molecule has 1 atom stereocenters. The summed E-state index contributed by atoms with van der Waals surface area (Å²) in [5.74, 6) is -2.08. The second-order valence-corrected chi connectivity index (χ2v) is 8.24. The van der Waals surface area contributed by atoms with Crippen LogP contribution in [-0.4, -0.2) is 54.6 Å². The van der Waals surface area contributed by atoms with E-state index in [1.54, 1.807) is 38.1 Å². The van der Waals surface area contributed by atoms with Crippen LogP contribution < -0.4 is 21.3 Å². The van der Waals surface area contributed by atoms with Crippen molar-refractivity contribution in [3.05, 3.63) is 29.8 Å². The van der Waals surface area contributed by atoms with E-state index < -0.39 is 17.9 Å². The van der Waals surface area contributed by atoms with Gasteiger partial charge < -0.3 is 26.0 Å². The number of carbonyl (C=O) groups excluding carboxylic acids is 5. The zero-order valence-electron chi connectivity index (χ0n) is 23.7. The van der Waals surface area contributed by atoms with E-state index in [1.165, 1.54) is 6.92 Å². The Kier molecular flexibility index (Phi) is 22.4. The number of halogens is 1. The van der Waals surface area contributed by atoms with Gasteiger partial charge in [-0.3, -0.25) is 24.0 Å². The second-order valence-electron chi connectivity index (χ2n) is 7.97. The summed E-state index contributed by atoms with van der Waals surface area (Å²) in [6.07, 6.45) is 1.36. The third-order valence-electron chi connectivity index (χ3n) is 4.64. The van der Waals surface area contributed by atoms with Gasteiger partial charge in [0.1, 0.15) is 18.5 Å². The molecule has 0 spiro atoms. The number of carbonyl (C=O) groups is 5. The first-order chi connectivity index (χ1) is 18.1. The summed E-state index contributed by atoms with van der Waals surface area (Å²) in [5, 5.41) is 10.5. The van der Waals surface area contributed by atoms with Crippen molar-refractivity contribution < 1.29 is 28.7 Å². The Hall–Kier alpha value is -3.14. The first kappa shape index (κ1) is 37.0. The summed E-state index contributed by atoms with van der Waals surface area (Å²) in [5.41, 5.74) is 1.30. The van der Waals surface area contributed by atoms with E-state index in [0.717, 1.165) is 5.56 Å². The molecule has 0 aliphatic carbocycles. The van der Waals surface area contributed by atoms with E-state index in [1.807, 2.05) is 27.7 Å². The Morgan fingerprint density at radius 2 is 1.47 bits per heavy atom. The molecule has 0 fully saturated rings. The van der Waals surface area contributed by atoms with E-state index in [2.05, 4.69) is 21.3 Å². The maximum absolute atomic E-state index is 12.5. The number of rotatable bonds is 14. The largest absolute Gasteiger partial charge is 0.461 e. The number of ether oxygens (including phenoxy) is 1. The minimum Gasteiger partial charge on any atom is -0.461 e. The van der Waals surface area contributed by atoms with Gasteiger partial charge in [0.2, 0.25) is 23.6 Å². The first-order valence-corrected chi connectivity index (χ1v) is 13.6. The number of hydrogen-bond acceptors (Lipinski definition) is 6. The van der Waals surface area contributed by atoms with Gasteiger partial charge in [0.25, 0.3) is 0 Å². The van der Waals surface area contributed by atoms with E-state index in [0.29, 0.717) is 25.1 Å². The van der Waals surface area contributed by atoms with E-state index >= 15 is 0 Å². The summed E-state index contributed by atoms with van der Waals surface area (Å²) in [7, 11) is 0. The lowest BCUT2D eigenvalue weighted by Gasteiger charge is -2.21. The quantitative estimate of drug-likeness (QED) is 0.157. The highest BCUT2D eigenvalue weighted by atomic mass is 35.5. The highest BCUT2D eigenvalue weighted by Gasteiger charge is 2.24. The Labute approximate surface area is 232 Å². The number of hydrogen-bond donors (Lipinski definition) is 4. The van der Waals surface area contributed by atoms with Crippen LogP contribution in [0.25, 0.3) is 0 Å². The van der Waals surface area contributed by atoms with Crippen LogP contribution in [0.1, 0.15) is 73.3 Å². The van der Waals surface area contributed by atoms with Gasteiger partial charge in [-0.25, -0.2) is 0 Å². The van der Waals surface area contributed by atoms with Crippen LogP contribution in [0.4, 0.5) is 5.69 Å². The lowest BCUT2D eigenvalue weighted by Crippen LogP contribution is -2.51. The molecule has 38 heavy (non-hydrogen) atoms. The number of anilines is 1. The van der Waals surface area contributed by atoms with Crippen molar-refractivity contribution in [2.75, 3.05) is 24.3 Å². The van der Waals surface area contributed by atoms with E-state index in [-0.39, 0.29) is 49.2 Å². The maximum atomic E-state index is 12.5. The molecule has 0 heterocycles. The smallest absolute Gasteiger partial charge is 0.302 e. The molecule has 4 amide bonds. The number of alkyl halides is 1. The molecule has 11 heteroatoms. The molecular formula is C27H45ClN4O6. The zero-order valence-corrected chi connectivity index (χ0v) is 24.5. The van der Waals surface area contributed by atoms with Crippen LogP contribution in [0.3, 0.4) is 0 Å². The van der Waals surface area contributed by atoms with Crippen LogP contribution in [0.5, 0.6) is 0 Å². The molecule has 0 radical (unpaired) electrons. The topological polar surface area (TPSA) is 143 Å². The normalized spacial score (nSPS) is 10.4. The Morgan fingerprint density at radius 3 is 2.00 bits per heavy atom. The van der Waals surface area contributed by atoms with Gasteiger partial charge in [-0.2, -0.15) is 0 Å². The number of amides is 4. The standard InChI is InChI=1S/C23H33ClN4O6.2C2H6/c1-15(2)22(28-19(30)6-4-5-11-25-20(31)12-24)23(33)26-13-21(32)27-18-9-7-17(8-10-18)14-34-16(3)29;2*1-2/h7-10,15,22H,4-6,11-14H2,1-3H3,(H,25,31)(H,26,33)(H,27,32)(H,28,30);2*1-2H3. The fraction of sp³-hybridized carbons (Fsp3) is 0.593. The molecule has 0 saturated carbocycles. The van der Waals surface area contributed by atoms with Gasteiger partial charge in [-0.1, -0.05) is 53.7 Å². The average molecular weight is 557 g/mol. The van der Waals surface area contributed by atoms with Crippen LogP contribution in [-0.2, 0) is 35.3 Å². The number of esters is 1. The Morgan fingerprint density at radius 1 is 0.868 bits per heavy atom. The van der Waals surface area contributed by atoms with Crippen LogP contribution >= 0.6 is 11.6 Å². The molecule has 4 N–H and O–H groups in total. The predicted molar refractivity (Wildman–Crippen MR) is 151 cm³/mol. The van der Waals surface area contributed by atoms with Crippen molar-refractivity contribution in [1.29, 1.82) is 0 Å². The van der Waals surface area contributed by atoms with Crippen molar-refractivity contribution in [3.63, 3.8) is 0 Å². The predicted octanol–water partition coefficient (Wildman–Crippen LogP) is 3.52. The number of nitrogens with one attached hydrogen (secondary N) is 4. The molecule has 0 saturated heterocycles. The SMILES string of the molecule is CC.CC.CC(=O)OCc1ccc(NC(=O)CNC(=O)C(NC(=O)CCCCNC(=O)CCl)C(C)C)cc1. The Balaban J connectivity index is 0. The summed E-state index contributed by atoms with van der Waals surface area (Å²) >= 11 is 5.39. The summed E-state index contributed by atoms with van der Waals surface area (Å²) in [4.78, 5) is 58.8. The van der Waals surface area contributed by atoms with Gasteiger partial charge in [0, 0.05) is 25.6 Å². The molecule has 216 valence electrons. The van der Waals surface area contributed by atoms with Crippen LogP contribution in [0.2, 0.25) is 0 Å². The first-order valence-electron chi connectivity index (χ1n) is 13.0. The average Bonchev–Trinajstić information content (AvgIpc) is 2.91. The zero-order chi connectivity index (χ0) is 29.5. The molecule has 0 aromatic heterocycles. The van der Waals surface area contributed by atoms with E-state index in [4.69, 9.17) is 16.3 Å². The van der Waals surface area contributed by atoms with Crippen LogP contribution in [0, 0.1) is 5.92 Å². The Bertz CT molecular complexity index is 846. The maximum Gasteiger partial charge on any atom is 0.302 e.